The molecule has 0 saturated carbocycles. The van der Waals surface area contributed by atoms with Gasteiger partial charge in [-0.25, -0.2) is 8.42 Å². The second kappa shape index (κ2) is 11.2. The summed E-state index contributed by atoms with van der Waals surface area (Å²) in [5.41, 5.74) is 1.77. The number of amides is 1. The molecule has 0 aliphatic carbocycles. The lowest BCUT2D eigenvalue weighted by atomic mass is 10.2. The molecule has 1 amide bonds. The maximum atomic E-state index is 12.9. The van der Waals surface area contributed by atoms with Crippen molar-refractivity contribution in [3.8, 4) is 5.75 Å². The molecule has 2 rings (SSSR count). The van der Waals surface area contributed by atoms with E-state index >= 15 is 0 Å². The van der Waals surface area contributed by atoms with Crippen LogP contribution >= 0.6 is 11.6 Å². The fourth-order valence-corrected chi connectivity index (χ4v) is 4.75. The summed E-state index contributed by atoms with van der Waals surface area (Å²) in [6.07, 6.45) is 0. The summed E-state index contributed by atoms with van der Waals surface area (Å²) in [6.45, 7) is 6.87. The number of carbonyl (C=O) groups is 1. The van der Waals surface area contributed by atoms with E-state index in [1.807, 2.05) is 6.92 Å². The van der Waals surface area contributed by atoms with Crippen LogP contribution in [0, 0.1) is 0 Å². The predicted molar refractivity (Wildman–Crippen MR) is 126 cm³/mol. The Hall–Kier alpha value is -2.49. The number of methoxy groups -OCH3 is 1. The van der Waals surface area contributed by atoms with Crippen LogP contribution in [0.5, 0.6) is 5.75 Å². The van der Waals surface area contributed by atoms with Gasteiger partial charge in [-0.2, -0.15) is 4.31 Å². The fourth-order valence-electron chi connectivity index (χ4n) is 3.01. The monoisotopic (exact) mass is 468 g/mol. The van der Waals surface area contributed by atoms with Crippen LogP contribution in [0.25, 0.3) is 0 Å². The Morgan fingerprint density at radius 2 is 1.74 bits per heavy atom. The second-order valence-electron chi connectivity index (χ2n) is 6.58. The number of nitrogens with one attached hydrogen (secondary N) is 3. The predicted octanol–water partition coefficient (Wildman–Crippen LogP) is 3.86. The van der Waals surface area contributed by atoms with Crippen LogP contribution < -0.4 is 20.7 Å². The van der Waals surface area contributed by atoms with Crippen molar-refractivity contribution in [1.82, 2.24) is 4.31 Å². The van der Waals surface area contributed by atoms with Crippen LogP contribution in [0.1, 0.15) is 20.8 Å². The summed E-state index contributed by atoms with van der Waals surface area (Å²) in [5.74, 6) is 0.208. The Balaban J connectivity index is 2.18. The fraction of sp³-hybridized carbons (Fsp3) is 0.381. The second-order valence-corrected chi connectivity index (χ2v) is 8.92. The third kappa shape index (κ3) is 6.25. The number of sulfonamides is 1. The largest absolute Gasteiger partial charge is 0.495 e. The molecule has 170 valence electrons. The summed E-state index contributed by atoms with van der Waals surface area (Å²) in [4.78, 5) is 12.6. The number of rotatable bonds is 11. The minimum atomic E-state index is -3.62. The van der Waals surface area contributed by atoms with Gasteiger partial charge in [0.05, 0.1) is 34.9 Å². The van der Waals surface area contributed by atoms with Gasteiger partial charge >= 0.3 is 0 Å². The molecule has 10 heteroatoms. The standard InChI is InChI=1S/C21H29ClN4O4S/c1-5-23-18-10-9-16(31(28,29)26(6-2)7-3)13-19(18)24-14-21(27)25-15-8-11-20(30-4)17(22)12-15/h8-13,23-24H,5-7,14H2,1-4H3,(H,25,27). The van der Waals surface area contributed by atoms with E-state index in [0.717, 1.165) is 0 Å². The molecule has 0 atom stereocenters. The van der Waals surface area contributed by atoms with Crippen LogP contribution in [0.15, 0.2) is 41.3 Å². The maximum absolute atomic E-state index is 12.9. The van der Waals surface area contributed by atoms with Crippen molar-refractivity contribution >= 4 is 44.6 Å². The first kappa shape index (κ1) is 24.8. The topological polar surface area (TPSA) is 99.8 Å². The Morgan fingerprint density at radius 1 is 1.03 bits per heavy atom. The van der Waals surface area contributed by atoms with Crippen molar-refractivity contribution in [3.63, 3.8) is 0 Å². The van der Waals surface area contributed by atoms with Crippen LogP contribution in [-0.4, -0.2) is 51.9 Å². The molecular weight excluding hydrogens is 440 g/mol. The van der Waals surface area contributed by atoms with Crippen molar-refractivity contribution in [2.45, 2.75) is 25.7 Å². The number of hydrogen-bond acceptors (Lipinski definition) is 6. The summed E-state index contributed by atoms with van der Waals surface area (Å²) in [7, 11) is -2.10. The number of carbonyl (C=O) groups excluding carboxylic acids is 1. The molecule has 0 aliphatic rings. The summed E-state index contributed by atoms with van der Waals surface area (Å²) in [5, 5.41) is 9.33. The summed E-state index contributed by atoms with van der Waals surface area (Å²) >= 11 is 6.09. The van der Waals surface area contributed by atoms with E-state index < -0.39 is 10.0 Å². The van der Waals surface area contributed by atoms with Gasteiger partial charge in [0.25, 0.3) is 0 Å². The van der Waals surface area contributed by atoms with E-state index in [4.69, 9.17) is 16.3 Å². The zero-order valence-corrected chi connectivity index (χ0v) is 19.7. The summed E-state index contributed by atoms with van der Waals surface area (Å²) in [6, 6.07) is 9.75. The molecule has 0 heterocycles. The third-order valence-corrected chi connectivity index (χ3v) is 6.92. The van der Waals surface area contributed by atoms with E-state index in [-0.39, 0.29) is 17.3 Å². The highest BCUT2D eigenvalue weighted by Crippen LogP contribution is 2.28. The number of benzene rings is 2. The van der Waals surface area contributed by atoms with Crippen LogP contribution in [-0.2, 0) is 14.8 Å². The van der Waals surface area contributed by atoms with Crippen molar-refractivity contribution in [3.05, 3.63) is 41.4 Å². The molecule has 0 unspecified atom stereocenters. The van der Waals surface area contributed by atoms with Gasteiger partial charge in [0.15, 0.2) is 0 Å². The van der Waals surface area contributed by atoms with Crippen molar-refractivity contribution < 1.29 is 17.9 Å². The Labute approximate surface area is 189 Å². The molecule has 3 N–H and O–H groups in total. The van der Waals surface area contributed by atoms with Crippen molar-refractivity contribution in [2.75, 3.05) is 49.2 Å². The van der Waals surface area contributed by atoms with E-state index in [2.05, 4.69) is 16.0 Å². The van der Waals surface area contributed by atoms with Crippen LogP contribution in [0.3, 0.4) is 0 Å². The van der Waals surface area contributed by atoms with Gasteiger partial charge in [0, 0.05) is 25.3 Å². The number of anilines is 3. The van der Waals surface area contributed by atoms with Gasteiger partial charge in [-0.1, -0.05) is 25.4 Å². The van der Waals surface area contributed by atoms with Gasteiger partial charge in [0.2, 0.25) is 15.9 Å². The molecule has 0 saturated heterocycles. The Morgan fingerprint density at radius 3 is 2.32 bits per heavy atom. The average Bonchev–Trinajstić information content (AvgIpc) is 2.74. The lowest BCUT2D eigenvalue weighted by Gasteiger charge is -2.20. The highest BCUT2D eigenvalue weighted by molar-refractivity contribution is 7.89. The van der Waals surface area contributed by atoms with E-state index in [1.165, 1.54) is 11.4 Å². The molecule has 8 nitrogen and oxygen atoms in total. The first-order valence-electron chi connectivity index (χ1n) is 10.0. The minimum absolute atomic E-state index is 0.0587. The smallest absolute Gasteiger partial charge is 0.243 e. The summed E-state index contributed by atoms with van der Waals surface area (Å²) < 4.78 is 32.2. The highest BCUT2D eigenvalue weighted by atomic mass is 35.5. The van der Waals surface area contributed by atoms with Crippen LogP contribution in [0.4, 0.5) is 17.1 Å². The molecule has 0 aromatic heterocycles. The van der Waals surface area contributed by atoms with Gasteiger partial charge in [-0.3, -0.25) is 4.79 Å². The molecule has 0 radical (unpaired) electrons. The molecule has 2 aromatic carbocycles. The van der Waals surface area contributed by atoms with Crippen molar-refractivity contribution in [2.24, 2.45) is 0 Å². The lowest BCUT2D eigenvalue weighted by Crippen LogP contribution is -2.30. The van der Waals surface area contributed by atoms with Gasteiger partial charge in [0.1, 0.15) is 5.75 Å². The lowest BCUT2D eigenvalue weighted by molar-refractivity contribution is -0.114. The molecular formula is C21H29ClN4O4S. The number of halogens is 1. The zero-order valence-electron chi connectivity index (χ0n) is 18.2. The Kier molecular flexibility index (Phi) is 8.97. The molecule has 0 fully saturated rings. The first-order valence-corrected chi connectivity index (χ1v) is 11.8. The zero-order chi connectivity index (χ0) is 23.0. The number of nitrogens with zero attached hydrogens (tertiary/aromatic N) is 1. The normalized spacial score (nSPS) is 11.3. The van der Waals surface area contributed by atoms with Gasteiger partial charge < -0.3 is 20.7 Å². The maximum Gasteiger partial charge on any atom is 0.243 e. The molecule has 2 aromatic rings. The van der Waals surface area contributed by atoms with E-state index in [9.17, 15) is 13.2 Å². The highest BCUT2D eigenvalue weighted by Gasteiger charge is 2.22. The Bertz CT molecular complexity index is 1010. The minimum Gasteiger partial charge on any atom is -0.495 e. The SMILES string of the molecule is CCNc1ccc(S(=O)(=O)N(CC)CC)cc1NCC(=O)Nc1ccc(OC)c(Cl)c1. The third-order valence-electron chi connectivity index (χ3n) is 4.58. The van der Waals surface area contributed by atoms with E-state index in [0.29, 0.717) is 47.5 Å². The number of hydrogen-bond donors (Lipinski definition) is 3. The van der Waals surface area contributed by atoms with Crippen LogP contribution in [0.2, 0.25) is 5.02 Å². The molecule has 0 spiro atoms. The van der Waals surface area contributed by atoms with E-state index in [1.54, 1.807) is 50.2 Å². The average molecular weight is 469 g/mol. The molecule has 0 bridgehead atoms. The molecule has 0 aliphatic heterocycles. The molecule has 31 heavy (non-hydrogen) atoms. The number of ether oxygens (including phenoxy) is 1. The van der Waals surface area contributed by atoms with Gasteiger partial charge in [-0.05, 0) is 43.3 Å². The van der Waals surface area contributed by atoms with Gasteiger partial charge in [-0.15, -0.1) is 0 Å². The quantitative estimate of drug-likeness (QED) is 0.463. The first-order chi connectivity index (χ1) is 14.8. The van der Waals surface area contributed by atoms with Crippen molar-refractivity contribution in [1.29, 1.82) is 0 Å².